The molecule has 0 bridgehead atoms. The number of hydrogen-bond acceptors (Lipinski definition) is 5. The molecule has 0 saturated carbocycles. The summed E-state index contributed by atoms with van der Waals surface area (Å²) >= 11 is 0. The summed E-state index contributed by atoms with van der Waals surface area (Å²) < 4.78 is 10.7. The summed E-state index contributed by atoms with van der Waals surface area (Å²) in [6.07, 6.45) is 2.18. The van der Waals surface area contributed by atoms with Crippen molar-refractivity contribution >= 4 is 12.0 Å². The van der Waals surface area contributed by atoms with Gasteiger partial charge in [0, 0.05) is 44.6 Å². The highest BCUT2D eigenvalue weighted by Crippen LogP contribution is 2.20. The lowest BCUT2D eigenvalue weighted by molar-refractivity contribution is -0.132. The lowest BCUT2D eigenvalue weighted by atomic mass is 10.2. The van der Waals surface area contributed by atoms with Gasteiger partial charge in [-0.15, -0.1) is 0 Å². The molecule has 1 aliphatic heterocycles. The average Bonchev–Trinajstić information content (AvgIpc) is 3.16. The maximum Gasteiger partial charge on any atom is 0.409 e. The molecule has 0 atom stereocenters. The fourth-order valence-electron chi connectivity index (χ4n) is 2.89. The number of ether oxygens (including phenoxy) is 1. The molecule has 1 fully saturated rings. The molecule has 2 aromatic rings. The summed E-state index contributed by atoms with van der Waals surface area (Å²) in [5.41, 5.74) is 0.965. The van der Waals surface area contributed by atoms with E-state index in [0.717, 1.165) is 5.56 Å². The normalized spacial score (nSPS) is 14.3. The molecule has 3 rings (SSSR count). The van der Waals surface area contributed by atoms with E-state index in [4.69, 9.17) is 9.15 Å². The largest absolute Gasteiger partial charge is 0.450 e. The molecule has 0 aliphatic carbocycles. The van der Waals surface area contributed by atoms with Gasteiger partial charge >= 0.3 is 6.09 Å². The minimum Gasteiger partial charge on any atom is -0.450 e. The van der Waals surface area contributed by atoms with Gasteiger partial charge in [0.2, 0.25) is 5.91 Å². The van der Waals surface area contributed by atoms with Crippen molar-refractivity contribution in [1.29, 1.82) is 0 Å². The zero-order valence-corrected chi connectivity index (χ0v) is 14.9. The molecule has 0 unspecified atom stereocenters. The van der Waals surface area contributed by atoms with Gasteiger partial charge in [0.15, 0.2) is 11.7 Å². The van der Waals surface area contributed by atoms with Crippen LogP contribution in [0.5, 0.6) is 0 Å². The van der Waals surface area contributed by atoms with E-state index in [2.05, 4.69) is 4.98 Å². The fourth-order valence-corrected chi connectivity index (χ4v) is 2.89. The minimum atomic E-state index is -0.312. The first-order chi connectivity index (χ1) is 12.7. The highest BCUT2D eigenvalue weighted by atomic mass is 16.6. The predicted octanol–water partition coefficient (Wildman–Crippen LogP) is 2.57. The Kier molecular flexibility index (Phi) is 5.88. The number of aryl methyl sites for hydroxylation is 1. The van der Waals surface area contributed by atoms with Gasteiger partial charge in [0.25, 0.3) is 0 Å². The van der Waals surface area contributed by atoms with Crippen molar-refractivity contribution in [3.8, 4) is 11.3 Å². The molecule has 0 radical (unpaired) electrons. The van der Waals surface area contributed by atoms with Crippen molar-refractivity contribution in [3.63, 3.8) is 0 Å². The van der Waals surface area contributed by atoms with Crippen LogP contribution in [-0.2, 0) is 16.0 Å². The number of hydrogen-bond donors (Lipinski definition) is 0. The topological polar surface area (TPSA) is 75.9 Å². The molecule has 7 heteroatoms. The van der Waals surface area contributed by atoms with Crippen LogP contribution in [0.25, 0.3) is 11.3 Å². The van der Waals surface area contributed by atoms with Crippen LogP contribution >= 0.6 is 0 Å². The average molecular weight is 357 g/mol. The standard InChI is InChI=1S/C19H23N3O4/c1-2-25-19(24)22-12-10-21(11-13-22)18(23)9-8-17-20-14-16(26-17)15-6-4-3-5-7-15/h3-7,14H,2,8-13H2,1H3. The quantitative estimate of drug-likeness (QED) is 0.822. The second-order valence-corrected chi connectivity index (χ2v) is 6.05. The van der Waals surface area contributed by atoms with E-state index in [1.54, 1.807) is 22.9 Å². The number of piperazine rings is 1. The monoisotopic (exact) mass is 357 g/mol. The van der Waals surface area contributed by atoms with E-state index in [-0.39, 0.29) is 12.0 Å². The van der Waals surface area contributed by atoms with Gasteiger partial charge < -0.3 is 19.0 Å². The third-order valence-corrected chi connectivity index (χ3v) is 4.32. The number of oxazole rings is 1. The van der Waals surface area contributed by atoms with Crippen LogP contribution in [0.3, 0.4) is 0 Å². The van der Waals surface area contributed by atoms with Gasteiger partial charge in [-0.2, -0.15) is 0 Å². The Hall–Kier alpha value is -2.83. The van der Waals surface area contributed by atoms with Gasteiger partial charge in [-0.3, -0.25) is 4.79 Å². The van der Waals surface area contributed by atoms with E-state index in [9.17, 15) is 9.59 Å². The van der Waals surface area contributed by atoms with E-state index in [1.165, 1.54) is 0 Å². The SMILES string of the molecule is CCOC(=O)N1CCN(C(=O)CCc2ncc(-c3ccccc3)o2)CC1. The zero-order valence-electron chi connectivity index (χ0n) is 14.9. The number of rotatable bonds is 5. The summed E-state index contributed by atoms with van der Waals surface area (Å²) in [5, 5.41) is 0. The van der Waals surface area contributed by atoms with Gasteiger partial charge in [-0.25, -0.2) is 9.78 Å². The summed E-state index contributed by atoms with van der Waals surface area (Å²) in [6.45, 7) is 4.20. The summed E-state index contributed by atoms with van der Waals surface area (Å²) in [4.78, 5) is 31.7. The molecule has 2 amide bonds. The first-order valence-electron chi connectivity index (χ1n) is 8.87. The van der Waals surface area contributed by atoms with E-state index < -0.39 is 0 Å². The van der Waals surface area contributed by atoms with E-state index >= 15 is 0 Å². The number of amides is 2. The zero-order chi connectivity index (χ0) is 18.4. The van der Waals surface area contributed by atoms with Crippen LogP contribution in [-0.4, -0.2) is 59.6 Å². The molecular formula is C19H23N3O4. The lowest BCUT2D eigenvalue weighted by Gasteiger charge is -2.34. The van der Waals surface area contributed by atoms with Crippen molar-refractivity contribution < 1.29 is 18.7 Å². The number of nitrogens with zero attached hydrogens (tertiary/aromatic N) is 3. The van der Waals surface area contributed by atoms with Crippen LogP contribution in [0.2, 0.25) is 0 Å². The molecule has 1 aromatic carbocycles. The summed E-state index contributed by atoms with van der Waals surface area (Å²) in [6, 6.07) is 9.74. The predicted molar refractivity (Wildman–Crippen MR) is 95.4 cm³/mol. The van der Waals surface area contributed by atoms with Crippen LogP contribution in [0.1, 0.15) is 19.2 Å². The number of benzene rings is 1. The summed E-state index contributed by atoms with van der Waals surface area (Å²) in [5.74, 6) is 1.31. The molecule has 1 aliphatic rings. The lowest BCUT2D eigenvalue weighted by Crippen LogP contribution is -2.50. The summed E-state index contributed by atoms with van der Waals surface area (Å²) in [7, 11) is 0. The molecule has 138 valence electrons. The third kappa shape index (κ3) is 4.41. The smallest absolute Gasteiger partial charge is 0.409 e. The molecule has 26 heavy (non-hydrogen) atoms. The Morgan fingerprint density at radius 2 is 1.81 bits per heavy atom. The Morgan fingerprint density at radius 3 is 2.50 bits per heavy atom. The van der Waals surface area contributed by atoms with E-state index in [0.29, 0.717) is 57.3 Å². The van der Waals surface area contributed by atoms with Crippen LogP contribution in [0.15, 0.2) is 40.9 Å². The highest BCUT2D eigenvalue weighted by molar-refractivity contribution is 5.77. The van der Waals surface area contributed by atoms with Crippen molar-refractivity contribution in [2.45, 2.75) is 19.8 Å². The van der Waals surface area contributed by atoms with Crippen LogP contribution in [0, 0.1) is 0 Å². The Labute approximate surface area is 152 Å². The molecule has 2 heterocycles. The molecular weight excluding hydrogens is 334 g/mol. The van der Waals surface area contributed by atoms with Crippen molar-refractivity contribution in [2.75, 3.05) is 32.8 Å². The Morgan fingerprint density at radius 1 is 1.12 bits per heavy atom. The molecule has 1 saturated heterocycles. The highest BCUT2D eigenvalue weighted by Gasteiger charge is 2.24. The van der Waals surface area contributed by atoms with Gasteiger partial charge in [0.1, 0.15) is 0 Å². The third-order valence-electron chi connectivity index (χ3n) is 4.32. The fraction of sp³-hybridized carbons (Fsp3) is 0.421. The Bertz CT molecular complexity index is 736. The van der Waals surface area contributed by atoms with Crippen molar-refractivity contribution in [2.24, 2.45) is 0 Å². The first-order valence-corrected chi connectivity index (χ1v) is 8.87. The van der Waals surface area contributed by atoms with E-state index in [1.807, 2.05) is 30.3 Å². The van der Waals surface area contributed by atoms with Crippen molar-refractivity contribution in [1.82, 2.24) is 14.8 Å². The minimum absolute atomic E-state index is 0.0490. The molecule has 1 aromatic heterocycles. The van der Waals surface area contributed by atoms with Gasteiger partial charge in [0.05, 0.1) is 12.8 Å². The number of carbonyl (C=O) groups is 2. The van der Waals surface area contributed by atoms with Crippen molar-refractivity contribution in [3.05, 3.63) is 42.4 Å². The van der Waals surface area contributed by atoms with Gasteiger partial charge in [-0.05, 0) is 6.92 Å². The van der Waals surface area contributed by atoms with Gasteiger partial charge in [-0.1, -0.05) is 30.3 Å². The second kappa shape index (κ2) is 8.51. The molecule has 7 nitrogen and oxygen atoms in total. The van der Waals surface area contributed by atoms with Crippen LogP contribution in [0.4, 0.5) is 4.79 Å². The van der Waals surface area contributed by atoms with Crippen LogP contribution < -0.4 is 0 Å². The maximum absolute atomic E-state index is 12.4. The number of aromatic nitrogens is 1. The second-order valence-electron chi connectivity index (χ2n) is 6.05. The molecule has 0 spiro atoms. The number of carbonyl (C=O) groups excluding carboxylic acids is 2. The molecule has 0 N–H and O–H groups in total. The Balaban J connectivity index is 1.46. The first kappa shape index (κ1) is 18.0. The maximum atomic E-state index is 12.4.